The summed E-state index contributed by atoms with van der Waals surface area (Å²) in [5.74, 6) is 0. The van der Waals surface area contributed by atoms with Gasteiger partial charge in [0.25, 0.3) is 0 Å². The van der Waals surface area contributed by atoms with Gasteiger partial charge in [-0.1, -0.05) is 0 Å². The van der Waals surface area contributed by atoms with Crippen LogP contribution in [0.5, 0.6) is 0 Å². The molecule has 0 amide bonds. The second-order valence-corrected chi connectivity index (χ2v) is 4.66. The molecule has 0 radical (unpaired) electrons. The summed E-state index contributed by atoms with van der Waals surface area (Å²) in [7, 11) is 0. The third kappa shape index (κ3) is 1.42. The Morgan fingerprint density at radius 1 is 1.21 bits per heavy atom. The summed E-state index contributed by atoms with van der Waals surface area (Å²) in [5, 5.41) is 10.2. The number of hydrogen-bond acceptors (Lipinski definition) is 2. The van der Waals surface area contributed by atoms with Crippen LogP contribution in [0.1, 0.15) is 33.1 Å². The van der Waals surface area contributed by atoms with Gasteiger partial charge in [0.05, 0.1) is 11.1 Å². The smallest absolute Gasteiger partial charge is 0.0860 e. The largest absolute Gasteiger partial charge is 0.388 e. The van der Waals surface area contributed by atoms with Gasteiger partial charge in [0, 0.05) is 12.4 Å². The Morgan fingerprint density at radius 2 is 1.86 bits per heavy atom. The molecular formula is C11H18N2O. The zero-order valence-corrected chi connectivity index (χ0v) is 8.83. The van der Waals surface area contributed by atoms with Crippen molar-refractivity contribution in [1.29, 1.82) is 0 Å². The van der Waals surface area contributed by atoms with Gasteiger partial charge in [0.15, 0.2) is 0 Å². The van der Waals surface area contributed by atoms with Gasteiger partial charge < -0.3 is 10.5 Å². The highest BCUT2D eigenvalue weighted by molar-refractivity contribution is 5.13. The topological polar surface area (TPSA) is 37.2 Å². The molecule has 0 bridgehead atoms. The van der Waals surface area contributed by atoms with Crippen molar-refractivity contribution in [2.24, 2.45) is 0 Å². The maximum Gasteiger partial charge on any atom is 0.0860 e. The lowest BCUT2D eigenvalue weighted by Crippen LogP contribution is -2.53. The van der Waals surface area contributed by atoms with E-state index < -0.39 is 5.60 Å². The third-order valence-corrected chi connectivity index (χ3v) is 3.51. The Hall–Kier alpha value is -0.960. The summed E-state index contributed by atoms with van der Waals surface area (Å²) in [6, 6.07) is 3.94. The maximum absolute atomic E-state index is 10.2. The Bertz CT molecular complexity index is 305. The molecule has 1 fully saturated rings. The number of hydrogen-bond donors (Lipinski definition) is 2. The molecular weight excluding hydrogens is 176 g/mol. The van der Waals surface area contributed by atoms with Crippen molar-refractivity contribution in [2.45, 2.75) is 44.2 Å². The highest BCUT2D eigenvalue weighted by Crippen LogP contribution is 2.39. The molecule has 0 spiro atoms. The molecule has 78 valence electrons. The van der Waals surface area contributed by atoms with Gasteiger partial charge in [-0.3, -0.25) is 4.68 Å². The Morgan fingerprint density at radius 3 is 2.36 bits per heavy atom. The molecule has 1 saturated carbocycles. The molecule has 1 heterocycles. The number of rotatable bonds is 2. The molecule has 0 aromatic carbocycles. The van der Waals surface area contributed by atoms with Gasteiger partial charge in [-0.15, -0.1) is 0 Å². The zero-order valence-electron chi connectivity index (χ0n) is 8.83. The molecule has 0 aliphatic heterocycles. The van der Waals surface area contributed by atoms with E-state index in [2.05, 4.69) is 12.3 Å². The minimum absolute atomic E-state index is 0.216. The average molecular weight is 194 g/mol. The monoisotopic (exact) mass is 194 g/mol. The van der Waals surface area contributed by atoms with Crippen molar-refractivity contribution in [3.8, 4) is 0 Å². The third-order valence-electron chi connectivity index (χ3n) is 3.51. The van der Waals surface area contributed by atoms with E-state index in [0.717, 1.165) is 19.3 Å². The highest BCUT2D eigenvalue weighted by Gasteiger charge is 2.47. The van der Waals surface area contributed by atoms with Crippen LogP contribution in [0.3, 0.4) is 0 Å². The number of aromatic nitrogens is 1. The van der Waals surface area contributed by atoms with E-state index in [-0.39, 0.29) is 5.54 Å². The van der Waals surface area contributed by atoms with Crippen LogP contribution in [0.4, 0.5) is 0 Å². The van der Waals surface area contributed by atoms with Crippen LogP contribution in [0.15, 0.2) is 24.5 Å². The summed E-state index contributed by atoms with van der Waals surface area (Å²) in [5.41, 5.74) is 2.52. The standard InChI is InChI=1S/C11H18N2O/c1-10(6-5-7-11(10,2)14)12-13-8-3-4-9-13/h3-4,8-9,12,14H,5-7H2,1-2H3. The highest BCUT2D eigenvalue weighted by atomic mass is 16.3. The number of nitrogens with zero attached hydrogens (tertiary/aromatic N) is 1. The Labute approximate surface area is 84.7 Å². The number of aliphatic hydroxyl groups is 1. The van der Waals surface area contributed by atoms with Gasteiger partial charge in [0.2, 0.25) is 0 Å². The van der Waals surface area contributed by atoms with E-state index in [1.807, 2.05) is 36.1 Å². The predicted molar refractivity (Wildman–Crippen MR) is 56.7 cm³/mol. The predicted octanol–water partition coefficient (Wildman–Crippen LogP) is 1.73. The molecule has 14 heavy (non-hydrogen) atoms. The van der Waals surface area contributed by atoms with Crippen LogP contribution in [0.2, 0.25) is 0 Å². The SMILES string of the molecule is CC1(O)CCCC1(C)Nn1cccc1. The van der Waals surface area contributed by atoms with Crippen molar-refractivity contribution in [1.82, 2.24) is 4.68 Å². The molecule has 1 aromatic heterocycles. The fourth-order valence-corrected chi connectivity index (χ4v) is 2.20. The normalized spacial score (nSPS) is 37.4. The molecule has 1 aliphatic carbocycles. The summed E-state index contributed by atoms with van der Waals surface area (Å²) >= 11 is 0. The fraction of sp³-hybridized carbons (Fsp3) is 0.636. The van der Waals surface area contributed by atoms with E-state index in [1.165, 1.54) is 0 Å². The number of nitrogens with one attached hydrogen (secondary N) is 1. The first kappa shape index (κ1) is 9.59. The van der Waals surface area contributed by atoms with Crippen molar-refractivity contribution in [2.75, 3.05) is 5.43 Å². The lowest BCUT2D eigenvalue weighted by atomic mass is 9.87. The van der Waals surface area contributed by atoms with Crippen LogP contribution in [0, 0.1) is 0 Å². The molecule has 0 saturated heterocycles. The van der Waals surface area contributed by atoms with Gasteiger partial charge >= 0.3 is 0 Å². The lowest BCUT2D eigenvalue weighted by Gasteiger charge is -2.38. The van der Waals surface area contributed by atoms with Crippen LogP contribution in [-0.2, 0) is 0 Å². The fourth-order valence-electron chi connectivity index (χ4n) is 2.20. The molecule has 2 unspecified atom stereocenters. The van der Waals surface area contributed by atoms with Crippen LogP contribution >= 0.6 is 0 Å². The Balaban J connectivity index is 2.17. The van der Waals surface area contributed by atoms with Crippen molar-refractivity contribution < 1.29 is 5.11 Å². The first-order valence-electron chi connectivity index (χ1n) is 5.17. The summed E-state index contributed by atoms with van der Waals surface area (Å²) < 4.78 is 1.92. The molecule has 3 nitrogen and oxygen atoms in total. The Kier molecular flexibility index (Phi) is 2.07. The molecule has 1 aliphatic rings. The second-order valence-electron chi connectivity index (χ2n) is 4.66. The van der Waals surface area contributed by atoms with Crippen LogP contribution in [-0.4, -0.2) is 20.9 Å². The zero-order chi connectivity index (χ0) is 10.2. The van der Waals surface area contributed by atoms with Gasteiger partial charge in [-0.2, -0.15) is 0 Å². The van der Waals surface area contributed by atoms with E-state index in [1.54, 1.807) is 0 Å². The summed E-state index contributed by atoms with van der Waals surface area (Å²) in [6.45, 7) is 4.00. The second kappa shape index (κ2) is 3.02. The molecule has 2 rings (SSSR count). The van der Waals surface area contributed by atoms with Crippen molar-refractivity contribution >= 4 is 0 Å². The van der Waals surface area contributed by atoms with Gasteiger partial charge in [-0.25, -0.2) is 0 Å². The van der Waals surface area contributed by atoms with Gasteiger partial charge in [0.1, 0.15) is 0 Å². The lowest BCUT2D eigenvalue weighted by molar-refractivity contribution is 0.0153. The molecule has 1 aromatic rings. The van der Waals surface area contributed by atoms with Crippen LogP contribution < -0.4 is 5.43 Å². The van der Waals surface area contributed by atoms with Crippen molar-refractivity contribution in [3.63, 3.8) is 0 Å². The van der Waals surface area contributed by atoms with E-state index in [0.29, 0.717) is 0 Å². The first-order valence-corrected chi connectivity index (χ1v) is 5.17. The van der Waals surface area contributed by atoms with E-state index in [9.17, 15) is 5.11 Å². The van der Waals surface area contributed by atoms with Crippen LogP contribution in [0.25, 0.3) is 0 Å². The minimum Gasteiger partial charge on any atom is -0.388 e. The van der Waals surface area contributed by atoms with E-state index >= 15 is 0 Å². The quantitative estimate of drug-likeness (QED) is 0.752. The average Bonchev–Trinajstić information content (AvgIpc) is 2.63. The minimum atomic E-state index is -0.614. The van der Waals surface area contributed by atoms with E-state index in [4.69, 9.17) is 0 Å². The molecule has 2 N–H and O–H groups in total. The molecule has 2 atom stereocenters. The first-order chi connectivity index (χ1) is 6.54. The molecule has 3 heteroatoms. The summed E-state index contributed by atoms with van der Waals surface area (Å²) in [4.78, 5) is 0. The van der Waals surface area contributed by atoms with Gasteiger partial charge in [-0.05, 0) is 45.2 Å². The summed E-state index contributed by atoms with van der Waals surface area (Å²) in [6.07, 6.45) is 6.88. The maximum atomic E-state index is 10.2. The van der Waals surface area contributed by atoms with Crippen molar-refractivity contribution in [3.05, 3.63) is 24.5 Å².